The van der Waals surface area contributed by atoms with Crippen molar-refractivity contribution in [1.29, 1.82) is 0 Å². The largest absolute Gasteiger partial charge is 0.338 e. The first kappa shape index (κ1) is 23.2. The van der Waals surface area contributed by atoms with Gasteiger partial charge in [0, 0.05) is 24.7 Å². The molecular weight excluding hydrogens is 376 g/mol. The van der Waals surface area contributed by atoms with Crippen LogP contribution in [-0.4, -0.2) is 36.7 Å². The van der Waals surface area contributed by atoms with E-state index in [2.05, 4.69) is 42.0 Å². The van der Waals surface area contributed by atoms with Gasteiger partial charge in [0.1, 0.15) is 0 Å². The number of amides is 4. The Labute approximate surface area is 183 Å². The molecule has 3 fully saturated rings. The second-order valence-electron chi connectivity index (χ2n) is 11.4. The number of carbonyl (C=O) groups excluding carboxylic acids is 2. The van der Waals surface area contributed by atoms with Crippen molar-refractivity contribution in [2.24, 2.45) is 10.8 Å². The maximum absolute atomic E-state index is 12.6. The molecule has 4 N–H and O–H groups in total. The molecule has 0 radical (unpaired) electrons. The Bertz CT molecular complexity index is 582. The van der Waals surface area contributed by atoms with Gasteiger partial charge in [0.25, 0.3) is 0 Å². The van der Waals surface area contributed by atoms with Gasteiger partial charge in [-0.05, 0) is 55.8 Å². The van der Waals surface area contributed by atoms with Gasteiger partial charge < -0.3 is 21.3 Å². The van der Waals surface area contributed by atoms with Crippen molar-refractivity contribution in [2.45, 2.75) is 122 Å². The molecule has 0 aromatic heterocycles. The second kappa shape index (κ2) is 10.2. The first-order valence-corrected chi connectivity index (χ1v) is 12.3. The molecule has 0 saturated heterocycles. The van der Waals surface area contributed by atoms with E-state index in [1.54, 1.807) is 0 Å². The minimum atomic E-state index is -0.0361. The summed E-state index contributed by atoms with van der Waals surface area (Å²) in [5.74, 6) is 0. The maximum atomic E-state index is 12.6. The van der Waals surface area contributed by atoms with Crippen molar-refractivity contribution in [3.05, 3.63) is 0 Å². The Morgan fingerprint density at radius 2 is 1.20 bits per heavy atom. The molecule has 0 spiro atoms. The van der Waals surface area contributed by atoms with Crippen LogP contribution in [0.1, 0.15) is 104 Å². The van der Waals surface area contributed by atoms with E-state index in [4.69, 9.17) is 0 Å². The van der Waals surface area contributed by atoms with Crippen LogP contribution in [0.2, 0.25) is 0 Å². The number of rotatable bonds is 5. The molecule has 30 heavy (non-hydrogen) atoms. The molecule has 0 unspecified atom stereocenters. The molecule has 3 aliphatic rings. The fourth-order valence-corrected chi connectivity index (χ4v) is 6.31. The zero-order valence-electron chi connectivity index (χ0n) is 19.4. The van der Waals surface area contributed by atoms with Crippen LogP contribution in [0.5, 0.6) is 0 Å². The summed E-state index contributed by atoms with van der Waals surface area (Å²) in [6, 6.07) is 0.741. The Balaban J connectivity index is 1.48. The van der Waals surface area contributed by atoms with Gasteiger partial charge in [0.15, 0.2) is 0 Å². The summed E-state index contributed by atoms with van der Waals surface area (Å²) >= 11 is 0. The van der Waals surface area contributed by atoms with E-state index in [1.165, 1.54) is 38.5 Å². The SMILES string of the molecule is CC1(C)C[C@H](NC(=O)NC2CCCCC2)C[C@@](C)(CNC(=O)NC2CCCCC2)C1. The van der Waals surface area contributed by atoms with Crippen molar-refractivity contribution < 1.29 is 9.59 Å². The van der Waals surface area contributed by atoms with Crippen LogP contribution < -0.4 is 21.3 Å². The van der Waals surface area contributed by atoms with E-state index in [0.29, 0.717) is 18.6 Å². The molecule has 0 bridgehead atoms. The monoisotopic (exact) mass is 420 g/mol. The minimum absolute atomic E-state index is 0.0186. The Hall–Kier alpha value is -1.46. The maximum Gasteiger partial charge on any atom is 0.315 e. The molecular formula is C24H44N4O2. The summed E-state index contributed by atoms with van der Waals surface area (Å²) in [6.07, 6.45) is 14.8. The van der Waals surface area contributed by atoms with Crippen LogP contribution in [0, 0.1) is 10.8 Å². The van der Waals surface area contributed by atoms with E-state index >= 15 is 0 Å². The van der Waals surface area contributed by atoms with Gasteiger partial charge in [-0.3, -0.25) is 0 Å². The van der Waals surface area contributed by atoms with Crippen molar-refractivity contribution >= 4 is 12.1 Å². The summed E-state index contributed by atoms with van der Waals surface area (Å²) < 4.78 is 0. The number of urea groups is 2. The normalized spacial score (nSPS) is 30.3. The van der Waals surface area contributed by atoms with E-state index in [1.807, 2.05) is 0 Å². The van der Waals surface area contributed by atoms with Crippen LogP contribution in [0.25, 0.3) is 0 Å². The van der Waals surface area contributed by atoms with E-state index in [9.17, 15) is 9.59 Å². The first-order chi connectivity index (χ1) is 14.2. The average molecular weight is 421 g/mol. The van der Waals surface area contributed by atoms with Gasteiger partial charge in [-0.25, -0.2) is 9.59 Å². The average Bonchev–Trinajstić information content (AvgIpc) is 2.66. The number of hydrogen-bond acceptors (Lipinski definition) is 2. The van der Waals surface area contributed by atoms with Gasteiger partial charge in [-0.1, -0.05) is 59.3 Å². The second-order valence-corrected chi connectivity index (χ2v) is 11.4. The molecule has 0 aliphatic heterocycles. The van der Waals surface area contributed by atoms with E-state index in [0.717, 1.165) is 44.9 Å². The lowest BCUT2D eigenvalue weighted by molar-refractivity contribution is 0.0745. The zero-order valence-corrected chi connectivity index (χ0v) is 19.4. The molecule has 0 aromatic rings. The van der Waals surface area contributed by atoms with E-state index in [-0.39, 0.29) is 28.9 Å². The highest BCUT2D eigenvalue weighted by atomic mass is 16.2. The topological polar surface area (TPSA) is 82.3 Å². The highest BCUT2D eigenvalue weighted by molar-refractivity contribution is 5.75. The van der Waals surface area contributed by atoms with Gasteiger partial charge in [-0.15, -0.1) is 0 Å². The molecule has 6 nitrogen and oxygen atoms in total. The Morgan fingerprint density at radius 3 is 1.77 bits per heavy atom. The Kier molecular flexibility index (Phi) is 7.92. The lowest BCUT2D eigenvalue weighted by atomic mass is 9.62. The van der Waals surface area contributed by atoms with Gasteiger partial charge in [-0.2, -0.15) is 0 Å². The van der Waals surface area contributed by atoms with Crippen LogP contribution in [0.15, 0.2) is 0 Å². The standard InChI is InChI=1S/C24H44N4O2/c1-23(2)14-20(28-22(30)27-19-12-8-5-9-13-19)15-24(3,16-23)17-25-21(29)26-18-10-6-4-7-11-18/h18-20H,4-17H2,1-3H3,(H2,25,26,29)(H2,27,28,30)/t20-,24+/m0/s1. The highest BCUT2D eigenvalue weighted by Crippen LogP contribution is 2.45. The van der Waals surface area contributed by atoms with Crippen molar-refractivity contribution in [2.75, 3.05) is 6.54 Å². The van der Waals surface area contributed by atoms with Crippen LogP contribution in [0.4, 0.5) is 9.59 Å². The lowest BCUT2D eigenvalue weighted by Gasteiger charge is -2.47. The third kappa shape index (κ3) is 7.35. The molecule has 3 rings (SSSR count). The lowest BCUT2D eigenvalue weighted by Crippen LogP contribution is -2.54. The molecule has 2 atom stereocenters. The van der Waals surface area contributed by atoms with Crippen LogP contribution >= 0.6 is 0 Å². The number of hydrogen-bond donors (Lipinski definition) is 4. The molecule has 172 valence electrons. The predicted octanol–water partition coefficient (Wildman–Crippen LogP) is 4.84. The quantitative estimate of drug-likeness (QED) is 0.513. The molecule has 3 aliphatic carbocycles. The summed E-state index contributed by atoms with van der Waals surface area (Å²) in [7, 11) is 0. The van der Waals surface area contributed by atoms with Crippen LogP contribution in [0.3, 0.4) is 0 Å². The van der Waals surface area contributed by atoms with Crippen molar-refractivity contribution in [3.63, 3.8) is 0 Å². The Morgan fingerprint density at radius 1 is 0.700 bits per heavy atom. The fourth-order valence-electron chi connectivity index (χ4n) is 6.31. The fraction of sp³-hybridized carbons (Fsp3) is 0.917. The third-order valence-electron chi connectivity index (χ3n) is 7.34. The molecule has 4 amide bonds. The third-order valence-corrected chi connectivity index (χ3v) is 7.34. The molecule has 0 heterocycles. The van der Waals surface area contributed by atoms with Crippen LogP contribution in [-0.2, 0) is 0 Å². The summed E-state index contributed by atoms with van der Waals surface area (Å²) in [6.45, 7) is 7.46. The predicted molar refractivity (Wildman–Crippen MR) is 121 cm³/mol. The minimum Gasteiger partial charge on any atom is -0.338 e. The molecule has 3 saturated carbocycles. The van der Waals surface area contributed by atoms with Gasteiger partial charge in [0.05, 0.1) is 0 Å². The van der Waals surface area contributed by atoms with Gasteiger partial charge >= 0.3 is 12.1 Å². The van der Waals surface area contributed by atoms with Gasteiger partial charge in [0.2, 0.25) is 0 Å². The van der Waals surface area contributed by atoms with E-state index < -0.39 is 0 Å². The number of nitrogens with one attached hydrogen (secondary N) is 4. The smallest absolute Gasteiger partial charge is 0.315 e. The summed E-state index contributed by atoms with van der Waals surface area (Å²) in [4.78, 5) is 25.0. The molecule has 6 heteroatoms. The first-order valence-electron chi connectivity index (χ1n) is 12.3. The number of carbonyl (C=O) groups is 2. The zero-order chi connectivity index (χ0) is 21.6. The molecule has 0 aromatic carbocycles. The van der Waals surface area contributed by atoms with Crippen molar-refractivity contribution in [3.8, 4) is 0 Å². The van der Waals surface area contributed by atoms with Crippen molar-refractivity contribution in [1.82, 2.24) is 21.3 Å². The highest BCUT2D eigenvalue weighted by Gasteiger charge is 2.42. The summed E-state index contributed by atoms with van der Waals surface area (Å²) in [5.41, 5.74) is 0.117. The summed E-state index contributed by atoms with van der Waals surface area (Å²) in [5, 5.41) is 12.7.